The number of nitro benzene ring substituents is 1. The van der Waals surface area contributed by atoms with E-state index < -0.39 is 10.8 Å². The standard InChI is InChI=1S/C16H11N5O3/c22-16(12-2-4-13(5-3-12)21(23)24)20-19-10-11-1-6-14-15(9-11)18-8-7-17-14/h1-10H,(H,20,22)/b19-10+. The number of rotatable bonds is 4. The molecule has 0 radical (unpaired) electrons. The average molecular weight is 321 g/mol. The first kappa shape index (κ1) is 15.2. The van der Waals surface area contributed by atoms with Gasteiger partial charge in [0.15, 0.2) is 0 Å². The Kier molecular flexibility index (Phi) is 4.19. The zero-order chi connectivity index (χ0) is 16.9. The van der Waals surface area contributed by atoms with Gasteiger partial charge >= 0.3 is 0 Å². The van der Waals surface area contributed by atoms with Gasteiger partial charge in [-0.3, -0.25) is 24.9 Å². The summed E-state index contributed by atoms with van der Waals surface area (Å²) in [5.74, 6) is -0.457. The molecule has 3 aromatic rings. The summed E-state index contributed by atoms with van der Waals surface area (Å²) in [5, 5.41) is 14.5. The Morgan fingerprint density at radius 3 is 2.50 bits per heavy atom. The number of fused-ring (bicyclic) bond motifs is 1. The molecular weight excluding hydrogens is 310 g/mol. The van der Waals surface area contributed by atoms with Crippen molar-refractivity contribution in [3.63, 3.8) is 0 Å². The molecule has 3 rings (SSSR count). The number of hydrogen-bond acceptors (Lipinski definition) is 6. The molecule has 0 saturated carbocycles. The molecule has 0 aliphatic rings. The van der Waals surface area contributed by atoms with Crippen LogP contribution in [-0.2, 0) is 0 Å². The number of hydrogen-bond donors (Lipinski definition) is 1. The summed E-state index contributed by atoms with van der Waals surface area (Å²) in [6.45, 7) is 0. The van der Waals surface area contributed by atoms with Crippen LogP contribution in [0.2, 0.25) is 0 Å². The molecule has 24 heavy (non-hydrogen) atoms. The quantitative estimate of drug-likeness (QED) is 0.450. The Morgan fingerprint density at radius 2 is 1.79 bits per heavy atom. The largest absolute Gasteiger partial charge is 0.271 e. The van der Waals surface area contributed by atoms with Gasteiger partial charge in [0, 0.05) is 30.1 Å². The van der Waals surface area contributed by atoms with Crippen LogP contribution in [0.1, 0.15) is 15.9 Å². The lowest BCUT2D eigenvalue weighted by atomic mass is 10.2. The fraction of sp³-hybridized carbons (Fsp3) is 0. The highest BCUT2D eigenvalue weighted by molar-refractivity contribution is 5.95. The van der Waals surface area contributed by atoms with E-state index in [1.54, 1.807) is 24.5 Å². The molecule has 0 spiro atoms. The summed E-state index contributed by atoms with van der Waals surface area (Å²) >= 11 is 0. The predicted octanol–water partition coefficient (Wildman–Crippen LogP) is 2.30. The van der Waals surface area contributed by atoms with E-state index >= 15 is 0 Å². The lowest BCUT2D eigenvalue weighted by molar-refractivity contribution is -0.384. The normalized spacial score (nSPS) is 10.8. The van der Waals surface area contributed by atoms with Crippen LogP contribution in [0.25, 0.3) is 11.0 Å². The summed E-state index contributed by atoms with van der Waals surface area (Å²) in [5.41, 5.74) is 4.82. The number of aromatic nitrogens is 2. The molecule has 0 aliphatic carbocycles. The van der Waals surface area contributed by atoms with Crippen LogP contribution in [0.4, 0.5) is 5.69 Å². The highest BCUT2D eigenvalue weighted by atomic mass is 16.6. The summed E-state index contributed by atoms with van der Waals surface area (Å²) in [6.07, 6.45) is 4.69. The lowest BCUT2D eigenvalue weighted by Crippen LogP contribution is -2.17. The van der Waals surface area contributed by atoms with Crippen molar-refractivity contribution in [2.45, 2.75) is 0 Å². The second-order valence-electron chi connectivity index (χ2n) is 4.81. The third kappa shape index (κ3) is 3.38. The minimum Gasteiger partial charge on any atom is -0.267 e. The molecule has 1 heterocycles. The lowest BCUT2D eigenvalue weighted by Gasteiger charge is -2.00. The maximum Gasteiger partial charge on any atom is 0.271 e. The topological polar surface area (TPSA) is 110 Å². The number of benzene rings is 2. The van der Waals surface area contributed by atoms with Crippen molar-refractivity contribution in [1.82, 2.24) is 15.4 Å². The van der Waals surface area contributed by atoms with Gasteiger partial charge in [-0.1, -0.05) is 6.07 Å². The maximum atomic E-state index is 11.9. The molecule has 1 amide bonds. The van der Waals surface area contributed by atoms with Gasteiger partial charge in [-0.15, -0.1) is 0 Å². The second-order valence-corrected chi connectivity index (χ2v) is 4.81. The summed E-state index contributed by atoms with van der Waals surface area (Å²) in [4.78, 5) is 30.3. The molecule has 0 aliphatic heterocycles. The van der Waals surface area contributed by atoms with Crippen LogP contribution in [-0.4, -0.2) is 27.0 Å². The van der Waals surface area contributed by atoms with Gasteiger partial charge in [-0.2, -0.15) is 5.10 Å². The van der Waals surface area contributed by atoms with Crippen molar-refractivity contribution in [3.8, 4) is 0 Å². The number of amides is 1. The molecule has 0 atom stereocenters. The maximum absolute atomic E-state index is 11.9. The van der Waals surface area contributed by atoms with E-state index in [-0.39, 0.29) is 11.3 Å². The minimum atomic E-state index is -0.525. The van der Waals surface area contributed by atoms with Crippen LogP contribution in [0, 0.1) is 10.1 Å². The van der Waals surface area contributed by atoms with Crippen LogP contribution >= 0.6 is 0 Å². The van der Waals surface area contributed by atoms with Crippen molar-refractivity contribution in [1.29, 1.82) is 0 Å². The number of carbonyl (C=O) groups is 1. The van der Waals surface area contributed by atoms with Gasteiger partial charge in [0.1, 0.15) is 0 Å². The van der Waals surface area contributed by atoms with Gasteiger partial charge in [-0.25, -0.2) is 5.43 Å². The molecule has 118 valence electrons. The number of nitro groups is 1. The van der Waals surface area contributed by atoms with Gasteiger partial charge in [0.2, 0.25) is 0 Å². The second kappa shape index (κ2) is 6.61. The number of carbonyl (C=O) groups excluding carboxylic acids is 1. The van der Waals surface area contributed by atoms with Crippen molar-refractivity contribution in [3.05, 3.63) is 76.1 Å². The van der Waals surface area contributed by atoms with E-state index in [1.807, 2.05) is 6.07 Å². The molecule has 0 bridgehead atoms. The van der Waals surface area contributed by atoms with Gasteiger partial charge in [0.25, 0.3) is 11.6 Å². The zero-order valence-corrected chi connectivity index (χ0v) is 12.3. The first-order valence-electron chi connectivity index (χ1n) is 6.92. The third-order valence-corrected chi connectivity index (χ3v) is 3.21. The first-order valence-corrected chi connectivity index (χ1v) is 6.92. The van der Waals surface area contributed by atoms with E-state index in [1.165, 1.54) is 30.5 Å². The van der Waals surface area contributed by atoms with E-state index in [0.29, 0.717) is 0 Å². The molecule has 0 saturated heterocycles. The Labute approximate surface area is 136 Å². The van der Waals surface area contributed by atoms with E-state index in [2.05, 4.69) is 20.5 Å². The molecule has 1 N–H and O–H groups in total. The van der Waals surface area contributed by atoms with E-state index in [9.17, 15) is 14.9 Å². The van der Waals surface area contributed by atoms with Crippen molar-refractivity contribution in [2.75, 3.05) is 0 Å². The molecule has 8 nitrogen and oxygen atoms in total. The first-order chi connectivity index (χ1) is 11.6. The number of nitrogens with one attached hydrogen (secondary N) is 1. The Bertz CT molecular complexity index is 938. The smallest absolute Gasteiger partial charge is 0.267 e. The fourth-order valence-corrected chi connectivity index (χ4v) is 2.03. The number of nitrogens with zero attached hydrogens (tertiary/aromatic N) is 4. The van der Waals surface area contributed by atoms with Crippen LogP contribution in [0.5, 0.6) is 0 Å². The van der Waals surface area contributed by atoms with Crippen LogP contribution < -0.4 is 5.43 Å². The van der Waals surface area contributed by atoms with Gasteiger partial charge in [0.05, 0.1) is 22.2 Å². The number of hydrazone groups is 1. The van der Waals surface area contributed by atoms with E-state index in [0.717, 1.165) is 16.6 Å². The fourth-order valence-electron chi connectivity index (χ4n) is 2.03. The van der Waals surface area contributed by atoms with Crippen molar-refractivity contribution >= 4 is 28.8 Å². The molecular formula is C16H11N5O3. The average Bonchev–Trinajstić information content (AvgIpc) is 2.61. The summed E-state index contributed by atoms with van der Waals surface area (Å²) < 4.78 is 0. The summed E-state index contributed by atoms with van der Waals surface area (Å²) in [6, 6.07) is 10.7. The SMILES string of the molecule is O=C(N/N=C/c1ccc2nccnc2c1)c1ccc([N+](=O)[O-])cc1. The monoisotopic (exact) mass is 321 g/mol. The highest BCUT2D eigenvalue weighted by Crippen LogP contribution is 2.12. The van der Waals surface area contributed by atoms with Crippen LogP contribution in [0.15, 0.2) is 60.0 Å². The van der Waals surface area contributed by atoms with Crippen molar-refractivity contribution in [2.24, 2.45) is 5.10 Å². The highest BCUT2D eigenvalue weighted by Gasteiger charge is 2.08. The van der Waals surface area contributed by atoms with E-state index in [4.69, 9.17) is 0 Å². The summed E-state index contributed by atoms with van der Waals surface area (Å²) in [7, 11) is 0. The predicted molar refractivity (Wildman–Crippen MR) is 87.7 cm³/mol. The van der Waals surface area contributed by atoms with Crippen LogP contribution in [0.3, 0.4) is 0 Å². The van der Waals surface area contributed by atoms with Gasteiger partial charge < -0.3 is 0 Å². The minimum absolute atomic E-state index is 0.0766. The third-order valence-electron chi connectivity index (χ3n) is 3.21. The van der Waals surface area contributed by atoms with Gasteiger partial charge in [-0.05, 0) is 29.8 Å². The zero-order valence-electron chi connectivity index (χ0n) is 12.3. The Morgan fingerprint density at radius 1 is 1.08 bits per heavy atom. The van der Waals surface area contributed by atoms with Crippen molar-refractivity contribution < 1.29 is 9.72 Å². The Hall–Kier alpha value is -3.68. The molecule has 0 unspecified atom stereocenters. The number of non-ortho nitro benzene ring substituents is 1. The Balaban J connectivity index is 1.68. The molecule has 8 heteroatoms. The molecule has 1 aromatic heterocycles. The molecule has 2 aromatic carbocycles. The molecule has 0 fully saturated rings.